The third-order valence-electron chi connectivity index (χ3n) is 4.90. The maximum atomic E-state index is 12.3. The molecule has 0 bridgehead atoms. The number of halogens is 3. The van der Waals surface area contributed by atoms with Crippen LogP contribution in [0.3, 0.4) is 0 Å². The topological polar surface area (TPSA) is 101 Å². The molecule has 4 rings (SSSR count). The van der Waals surface area contributed by atoms with Crippen LogP contribution in [-0.2, 0) is 7.05 Å². The zero-order chi connectivity index (χ0) is 23.6. The number of nitrogens with one attached hydrogen (secondary N) is 3. The molecular formula is C22H20F3N7O. The van der Waals surface area contributed by atoms with Gasteiger partial charge in [0, 0.05) is 35.1 Å². The van der Waals surface area contributed by atoms with Crippen molar-refractivity contribution in [3.63, 3.8) is 0 Å². The molecule has 0 aliphatic carbocycles. The number of benzene rings is 2. The Balaban J connectivity index is 1.45. The smallest absolute Gasteiger partial charge is 0.343 e. The molecule has 8 nitrogen and oxygen atoms in total. The maximum Gasteiger partial charge on any atom is 0.405 e. The molecule has 2 aromatic carbocycles. The quantitative estimate of drug-likeness (QED) is 0.404. The Kier molecular flexibility index (Phi) is 5.86. The molecule has 0 saturated carbocycles. The third kappa shape index (κ3) is 5.20. The number of hydrogen-bond donors (Lipinski definition) is 3. The second-order valence-corrected chi connectivity index (χ2v) is 7.37. The number of H-pyrrole nitrogens is 1. The number of nitrogens with zero attached hydrogens (tertiary/aromatic N) is 4. The summed E-state index contributed by atoms with van der Waals surface area (Å²) in [4.78, 5) is 16.3. The maximum absolute atomic E-state index is 12.3. The Hall–Kier alpha value is -4.15. The number of carbonyl (C=O) groups excluding carboxylic acids is 1. The summed E-state index contributed by atoms with van der Waals surface area (Å²) in [6, 6.07) is 13.8. The van der Waals surface area contributed by atoms with E-state index in [2.05, 4.69) is 25.6 Å². The van der Waals surface area contributed by atoms with Gasteiger partial charge in [0.25, 0.3) is 5.91 Å². The van der Waals surface area contributed by atoms with Crippen LogP contribution < -0.4 is 10.6 Å². The standard InChI is InChI=1S/C22H20F3N7O/c1-13-18(11-27-30-13)14-7-9-17(10-8-14)28-21-29-19(31-32(21)2)15-3-5-16(6-4-15)20(33)26-12-22(23,24)25/h3-11H,12H2,1-2H3,(H,26,33)(H,27,30)(H,28,29,31). The highest BCUT2D eigenvalue weighted by atomic mass is 19.4. The van der Waals surface area contributed by atoms with E-state index < -0.39 is 18.6 Å². The molecule has 4 aromatic rings. The van der Waals surface area contributed by atoms with Crippen molar-refractivity contribution in [3.8, 4) is 22.5 Å². The first-order valence-corrected chi connectivity index (χ1v) is 9.93. The summed E-state index contributed by atoms with van der Waals surface area (Å²) in [5.41, 5.74) is 4.60. The average molecular weight is 455 g/mol. The highest BCUT2D eigenvalue weighted by Crippen LogP contribution is 2.25. The summed E-state index contributed by atoms with van der Waals surface area (Å²) in [6.07, 6.45) is -2.69. The van der Waals surface area contributed by atoms with E-state index in [1.54, 1.807) is 30.1 Å². The van der Waals surface area contributed by atoms with Crippen LogP contribution >= 0.6 is 0 Å². The molecule has 33 heavy (non-hydrogen) atoms. The van der Waals surface area contributed by atoms with Gasteiger partial charge in [-0.2, -0.15) is 23.3 Å². The Labute approximate surface area is 186 Å². The van der Waals surface area contributed by atoms with Crippen LogP contribution in [0, 0.1) is 6.92 Å². The van der Waals surface area contributed by atoms with E-state index in [0.29, 0.717) is 17.3 Å². The molecule has 1 amide bonds. The number of anilines is 2. The van der Waals surface area contributed by atoms with Crippen molar-refractivity contribution < 1.29 is 18.0 Å². The van der Waals surface area contributed by atoms with E-state index >= 15 is 0 Å². The third-order valence-corrected chi connectivity index (χ3v) is 4.90. The largest absolute Gasteiger partial charge is 0.405 e. The van der Waals surface area contributed by atoms with E-state index in [-0.39, 0.29) is 5.56 Å². The summed E-state index contributed by atoms with van der Waals surface area (Å²) < 4.78 is 38.4. The van der Waals surface area contributed by atoms with Gasteiger partial charge >= 0.3 is 6.18 Å². The summed E-state index contributed by atoms with van der Waals surface area (Å²) in [7, 11) is 1.74. The van der Waals surface area contributed by atoms with Gasteiger partial charge in [0.15, 0.2) is 5.82 Å². The molecule has 0 spiro atoms. The monoisotopic (exact) mass is 455 g/mol. The highest BCUT2D eigenvalue weighted by molar-refractivity contribution is 5.94. The van der Waals surface area contributed by atoms with Gasteiger partial charge in [-0.1, -0.05) is 24.3 Å². The van der Waals surface area contributed by atoms with Gasteiger partial charge in [0.05, 0.1) is 6.20 Å². The molecule has 170 valence electrons. The summed E-state index contributed by atoms with van der Waals surface area (Å²) >= 11 is 0. The lowest BCUT2D eigenvalue weighted by Crippen LogP contribution is -2.33. The van der Waals surface area contributed by atoms with Crippen LogP contribution in [0.2, 0.25) is 0 Å². The number of carbonyl (C=O) groups is 1. The molecule has 2 aromatic heterocycles. The van der Waals surface area contributed by atoms with Crippen molar-refractivity contribution in [2.75, 3.05) is 11.9 Å². The van der Waals surface area contributed by atoms with E-state index in [1.807, 2.05) is 36.5 Å². The zero-order valence-corrected chi connectivity index (χ0v) is 17.7. The number of amides is 1. The van der Waals surface area contributed by atoms with Crippen LogP contribution in [0.15, 0.2) is 54.7 Å². The lowest BCUT2D eigenvalue weighted by molar-refractivity contribution is -0.123. The van der Waals surface area contributed by atoms with Gasteiger partial charge in [-0.05, 0) is 36.8 Å². The van der Waals surface area contributed by atoms with Gasteiger partial charge in [-0.25, -0.2) is 4.68 Å². The highest BCUT2D eigenvalue weighted by Gasteiger charge is 2.27. The Morgan fingerprint density at radius 1 is 1.06 bits per heavy atom. The van der Waals surface area contributed by atoms with Gasteiger partial charge in [-0.3, -0.25) is 9.89 Å². The fourth-order valence-corrected chi connectivity index (χ4v) is 3.17. The van der Waals surface area contributed by atoms with Crippen molar-refractivity contribution in [2.45, 2.75) is 13.1 Å². The average Bonchev–Trinajstić information content (AvgIpc) is 3.38. The molecule has 0 radical (unpaired) electrons. The molecule has 2 heterocycles. The summed E-state index contributed by atoms with van der Waals surface area (Å²) in [5, 5.41) is 16.4. The van der Waals surface area contributed by atoms with Gasteiger partial charge in [0.2, 0.25) is 5.95 Å². The normalized spacial score (nSPS) is 11.4. The molecule has 3 N–H and O–H groups in total. The number of rotatable bonds is 6. The molecule has 11 heteroatoms. The minimum Gasteiger partial charge on any atom is -0.343 e. The lowest BCUT2D eigenvalue weighted by Gasteiger charge is -2.08. The number of aryl methyl sites for hydroxylation is 2. The molecule has 0 atom stereocenters. The van der Waals surface area contributed by atoms with Crippen molar-refractivity contribution >= 4 is 17.5 Å². The van der Waals surface area contributed by atoms with Crippen LogP contribution in [0.1, 0.15) is 16.1 Å². The van der Waals surface area contributed by atoms with Crippen LogP contribution in [0.25, 0.3) is 22.5 Å². The first kappa shape index (κ1) is 22.1. The van der Waals surface area contributed by atoms with Crippen molar-refractivity contribution in [1.29, 1.82) is 0 Å². The fourth-order valence-electron chi connectivity index (χ4n) is 3.17. The van der Waals surface area contributed by atoms with Crippen LogP contribution in [-0.4, -0.2) is 43.6 Å². The molecule has 0 unspecified atom stereocenters. The van der Waals surface area contributed by atoms with E-state index in [9.17, 15) is 18.0 Å². The molecular weight excluding hydrogens is 435 g/mol. The minimum atomic E-state index is -4.46. The Morgan fingerprint density at radius 3 is 2.33 bits per heavy atom. The number of hydrogen-bond acceptors (Lipinski definition) is 5. The van der Waals surface area contributed by atoms with Crippen molar-refractivity contribution in [2.24, 2.45) is 7.05 Å². The van der Waals surface area contributed by atoms with Crippen LogP contribution in [0.5, 0.6) is 0 Å². The first-order valence-electron chi connectivity index (χ1n) is 9.93. The predicted octanol–water partition coefficient (Wildman–Crippen LogP) is 4.22. The summed E-state index contributed by atoms with van der Waals surface area (Å²) in [5.74, 6) is 0.112. The van der Waals surface area contributed by atoms with Gasteiger partial charge < -0.3 is 10.6 Å². The minimum absolute atomic E-state index is 0.116. The SMILES string of the molecule is Cc1[nH]ncc1-c1ccc(Nc2nc(-c3ccc(C(=O)NCC(F)(F)F)cc3)nn2C)cc1. The summed E-state index contributed by atoms with van der Waals surface area (Å²) in [6.45, 7) is 0.574. The number of aromatic nitrogens is 5. The molecule has 0 fully saturated rings. The Morgan fingerprint density at radius 2 is 1.73 bits per heavy atom. The fraction of sp³-hybridized carbons (Fsp3) is 0.182. The predicted molar refractivity (Wildman–Crippen MR) is 117 cm³/mol. The van der Waals surface area contributed by atoms with E-state index in [0.717, 1.165) is 22.5 Å². The number of alkyl halides is 3. The molecule has 0 aliphatic rings. The van der Waals surface area contributed by atoms with Crippen LogP contribution in [0.4, 0.5) is 24.8 Å². The van der Waals surface area contributed by atoms with Gasteiger partial charge in [-0.15, -0.1) is 5.10 Å². The second-order valence-electron chi connectivity index (χ2n) is 7.37. The molecule has 0 aliphatic heterocycles. The van der Waals surface area contributed by atoms with E-state index in [4.69, 9.17) is 0 Å². The second kappa shape index (κ2) is 8.77. The van der Waals surface area contributed by atoms with E-state index in [1.165, 1.54) is 12.1 Å². The van der Waals surface area contributed by atoms with Crippen molar-refractivity contribution in [1.82, 2.24) is 30.3 Å². The lowest BCUT2D eigenvalue weighted by atomic mass is 10.1. The zero-order valence-electron chi connectivity index (χ0n) is 17.7. The first-order chi connectivity index (χ1) is 15.7. The number of aromatic amines is 1. The van der Waals surface area contributed by atoms with Gasteiger partial charge in [0.1, 0.15) is 6.54 Å². The molecule has 0 saturated heterocycles. The van der Waals surface area contributed by atoms with Crippen molar-refractivity contribution in [3.05, 3.63) is 66.0 Å². The Bertz CT molecular complexity index is 1260.